The largest absolute Gasteiger partial charge is 0.328 e. The molecule has 1 aliphatic heterocycles. The van der Waals surface area contributed by atoms with Gasteiger partial charge in [-0.15, -0.1) is 0 Å². The Morgan fingerprint density at radius 3 is 2.06 bits per heavy atom. The summed E-state index contributed by atoms with van der Waals surface area (Å²) in [6, 6.07) is 0.490. The molecule has 0 aromatic heterocycles. The van der Waals surface area contributed by atoms with Gasteiger partial charge in [-0.05, 0) is 37.5 Å². The van der Waals surface area contributed by atoms with Crippen molar-refractivity contribution in [3.63, 3.8) is 0 Å². The first-order valence-corrected chi connectivity index (χ1v) is 7.83. The molecular formula is C15H31N3. The van der Waals surface area contributed by atoms with E-state index in [1.807, 2.05) is 0 Å². The topological polar surface area (TPSA) is 32.5 Å². The van der Waals surface area contributed by atoms with Crippen molar-refractivity contribution in [3.05, 3.63) is 0 Å². The fourth-order valence-corrected chi connectivity index (χ4v) is 3.41. The second-order valence-electron chi connectivity index (χ2n) is 6.78. The first-order chi connectivity index (χ1) is 8.63. The molecule has 0 radical (unpaired) electrons. The van der Waals surface area contributed by atoms with Crippen LogP contribution in [-0.2, 0) is 0 Å². The highest BCUT2D eigenvalue weighted by atomic mass is 15.3. The number of hydrogen-bond acceptors (Lipinski definition) is 3. The van der Waals surface area contributed by atoms with Crippen molar-refractivity contribution in [1.29, 1.82) is 0 Å². The van der Waals surface area contributed by atoms with Crippen LogP contribution in [0.25, 0.3) is 0 Å². The highest BCUT2D eigenvalue weighted by Gasteiger charge is 2.23. The Hall–Kier alpha value is -0.120. The van der Waals surface area contributed by atoms with Crippen LogP contribution in [0.2, 0.25) is 0 Å². The van der Waals surface area contributed by atoms with Crippen LogP contribution in [0, 0.1) is 11.8 Å². The number of nitrogens with two attached hydrogens (primary N) is 1. The number of nitrogens with zero attached hydrogens (tertiary/aromatic N) is 2. The lowest BCUT2D eigenvalue weighted by Crippen LogP contribution is -2.49. The molecule has 0 unspecified atom stereocenters. The molecule has 0 atom stereocenters. The molecule has 106 valence electrons. The van der Waals surface area contributed by atoms with Gasteiger partial charge in [0.25, 0.3) is 0 Å². The molecule has 2 aliphatic rings. The molecule has 0 aromatic carbocycles. The molecule has 0 amide bonds. The highest BCUT2D eigenvalue weighted by molar-refractivity contribution is 4.79. The normalized spacial score (nSPS) is 32.0. The van der Waals surface area contributed by atoms with Gasteiger partial charge in [0, 0.05) is 45.3 Å². The van der Waals surface area contributed by atoms with Crippen LogP contribution in [0.3, 0.4) is 0 Å². The van der Waals surface area contributed by atoms with Gasteiger partial charge in [0.15, 0.2) is 0 Å². The molecule has 1 saturated carbocycles. The molecule has 2 rings (SSSR count). The lowest BCUT2D eigenvalue weighted by Gasteiger charge is -2.38. The van der Waals surface area contributed by atoms with E-state index in [2.05, 4.69) is 23.6 Å². The maximum Gasteiger partial charge on any atom is 0.0110 e. The summed E-state index contributed by atoms with van der Waals surface area (Å²) in [4.78, 5) is 5.30. The molecule has 3 heteroatoms. The van der Waals surface area contributed by atoms with E-state index in [1.54, 1.807) is 0 Å². The van der Waals surface area contributed by atoms with Crippen LogP contribution in [0.15, 0.2) is 0 Å². The van der Waals surface area contributed by atoms with Crippen LogP contribution < -0.4 is 5.73 Å². The molecule has 1 aliphatic carbocycles. The zero-order chi connectivity index (χ0) is 13.0. The summed E-state index contributed by atoms with van der Waals surface area (Å²) in [5.74, 6) is 1.72. The van der Waals surface area contributed by atoms with Crippen molar-refractivity contribution in [2.75, 3.05) is 39.3 Å². The second-order valence-corrected chi connectivity index (χ2v) is 6.78. The maximum absolute atomic E-state index is 5.97. The molecular weight excluding hydrogens is 222 g/mol. The number of hydrogen-bond donors (Lipinski definition) is 1. The third kappa shape index (κ3) is 4.52. The van der Waals surface area contributed by atoms with Crippen LogP contribution in [0.1, 0.15) is 39.5 Å². The predicted molar refractivity (Wildman–Crippen MR) is 77.7 cm³/mol. The number of piperazine rings is 1. The number of rotatable bonds is 4. The first kappa shape index (κ1) is 14.3. The molecule has 2 fully saturated rings. The zero-order valence-electron chi connectivity index (χ0n) is 12.3. The molecule has 0 spiro atoms. The molecule has 1 heterocycles. The smallest absolute Gasteiger partial charge is 0.0110 e. The summed E-state index contributed by atoms with van der Waals surface area (Å²) in [6.45, 7) is 12.3. The van der Waals surface area contributed by atoms with Crippen LogP contribution in [0.5, 0.6) is 0 Å². The summed E-state index contributed by atoms with van der Waals surface area (Å²) in [5.41, 5.74) is 5.97. The lowest BCUT2D eigenvalue weighted by molar-refractivity contribution is 0.101. The van der Waals surface area contributed by atoms with Crippen molar-refractivity contribution in [3.8, 4) is 0 Å². The van der Waals surface area contributed by atoms with E-state index in [9.17, 15) is 0 Å². The van der Waals surface area contributed by atoms with Gasteiger partial charge < -0.3 is 15.5 Å². The predicted octanol–water partition coefficient (Wildman–Crippen LogP) is 1.78. The van der Waals surface area contributed by atoms with Gasteiger partial charge in [0.05, 0.1) is 0 Å². The minimum atomic E-state index is 0.490. The molecule has 0 bridgehead atoms. The Kier molecular flexibility index (Phi) is 5.46. The third-order valence-corrected chi connectivity index (χ3v) is 4.50. The van der Waals surface area contributed by atoms with Gasteiger partial charge >= 0.3 is 0 Å². The quantitative estimate of drug-likeness (QED) is 0.829. The Balaban J connectivity index is 1.64. The van der Waals surface area contributed by atoms with Crippen LogP contribution >= 0.6 is 0 Å². The van der Waals surface area contributed by atoms with E-state index in [0.717, 1.165) is 11.8 Å². The average Bonchev–Trinajstić information content (AvgIpc) is 2.34. The van der Waals surface area contributed by atoms with E-state index < -0.39 is 0 Å². The van der Waals surface area contributed by atoms with Gasteiger partial charge in [-0.1, -0.05) is 13.8 Å². The summed E-state index contributed by atoms with van der Waals surface area (Å²) in [5, 5.41) is 0. The standard InChI is InChI=1S/C15H31N3/c1-13(2)11-17-7-9-18(10-8-17)12-14-3-5-15(16)6-4-14/h13-15H,3-12,16H2,1-2H3. The van der Waals surface area contributed by atoms with Crippen molar-refractivity contribution in [1.82, 2.24) is 9.80 Å². The molecule has 2 N–H and O–H groups in total. The average molecular weight is 253 g/mol. The van der Waals surface area contributed by atoms with Gasteiger partial charge in [0.2, 0.25) is 0 Å². The summed E-state index contributed by atoms with van der Waals surface area (Å²) >= 11 is 0. The maximum atomic E-state index is 5.97. The summed E-state index contributed by atoms with van der Waals surface area (Å²) < 4.78 is 0. The Labute approximate surface area is 113 Å². The lowest BCUT2D eigenvalue weighted by atomic mass is 9.86. The van der Waals surface area contributed by atoms with Crippen molar-refractivity contribution >= 4 is 0 Å². The minimum Gasteiger partial charge on any atom is -0.328 e. The third-order valence-electron chi connectivity index (χ3n) is 4.50. The molecule has 0 aromatic rings. The van der Waals surface area contributed by atoms with Crippen LogP contribution in [0.4, 0.5) is 0 Å². The zero-order valence-corrected chi connectivity index (χ0v) is 12.3. The van der Waals surface area contributed by atoms with Gasteiger partial charge in [0.1, 0.15) is 0 Å². The Morgan fingerprint density at radius 2 is 1.50 bits per heavy atom. The fourth-order valence-electron chi connectivity index (χ4n) is 3.41. The van der Waals surface area contributed by atoms with Crippen molar-refractivity contribution in [2.24, 2.45) is 17.6 Å². The molecule has 18 heavy (non-hydrogen) atoms. The second kappa shape index (κ2) is 6.88. The van der Waals surface area contributed by atoms with Crippen LogP contribution in [-0.4, -0.2) is 55.1 Å². The van der Waals surface area contributed by atoms with E-state index >= 15 is 0 Å². The van der Waals surface area contributed by atoms with Gasteiger partial charge in [-0.2, -0.15) is 0 Å². The fraction of sp³-hybridized carbons (Fsp3) is 1.00. The summed E-state index contributed by atoms with van der Waals surface area (Å²) in [7, 11) is 0. The van der Waals surface area contributed by atoms with Crippen molar-refractivity contribution < 1.29 is 0 Å². The van der Waals surface area contributed by atoms with E-state index in [4.69, 9.17) is 5.73 Å². The Bertz CT molecular complexity index is 226. The van der Waals surface area contributed by atoms with Crippen molar-refractivity contribution in [2.45, 2.75) is 45.6 Å². The Morgan fingerprint density at radius 1 is 0.944 bits per heavy atom. The van der Waals surface area contributed by atoms with E-state index in [-0.39, 0.29) is 0 Å². The van der Waals surface area contributed by atoms with Gasteiger partial charge in [-0.25, -0.2) is 0 Å². The van der Waals surface area contributed by atoms with Gasteiger partial charge in [-0.3, -0.25) is 0 Å². The first-order valence-electron chi connectivity index (χ1n) is 7.83. The SMILES string of the molecule is CC(C)CN1CCN(CC2CCC(N)CC2)CC1. The van der Waals surface area contributed by atoms with E-state index in [1.165, 1.54) is 65.0 Å². The monoisotopic (exact) mass is 253 g/mol. The summed E-state index contributed by atoms with van der Waals surface area (Å²) in [6.07, 6.45) is 5.21. The molecule has 3 nitrogen and oxygen atoms in total. The minimum absolute atomic E-state index is 0.490. The highest BCUT2D eigenvalue weighted by Crippen LogP contribution is 2.24. The van der Waals surface area contributed by atoms with E-state index in [0.29, 0.717) is 6.04 Å². The molecule has 1 saturated heterocycles.